The smallest absolute Gasteiger partial charge is 0.309 e. The molecule has 2 aliphatic heterocycles. The van der Waals surface area contributed by atoms with E-state index < -0.39 is 0 Å². The predicted molar refractivity (Wildman–Crippen MR) is 189 cm³/mol. The minimum Gasteiger partial charge on any atom is -0.462 e. The molecule has 0 N–H and O–H groups in total. The number of piperidine rings is 2. The summed E-state index contributed by atoms with van der Waals surface area (Å²) in [4.78, 5) is 39.9. The summed E-state index contributed by atoms with van der Waals surface area (Å²) < 4.78 is 12.4. The maximum atomic E-state index is 13.4. The van der Waals surface area contributed by atoms with Crippen LogP contribution in [-0.2, 0) is 28.7 Å². The molecule has 276 valence electrons. The summed E-state index contributed by atoms with van der Waals surface area (Å²) in [5, 5.41) is 4.46. The molecule has 3 saturated carbocycles. The van der Waals surface area contributed by atoms with Gasteiger partial charge >= 0.3 is 11.9 Å². The maximum Gasteiger partial charge on any atom is 0.309 e. The Labute approximate surface area is 292 Å². The molecule has 0 aromatic heterocycles. The Morgan fingerprint density at radius 3 is 1.29 bits per heavy atom. The zero-order chi connectivity index (χ0) is 34.7. The third kappa shape index (κ3) is 9.76. The molecule has 0 aromatic rings. The van der Waals surface area contributed by atoms with Crippen LogP contribution in [0.15, 0.2) is 0 Å². The molecule has 8 heteroatoms. The lowest BCUT2D eigenvalue weighted by Crippen LogP contribution is -2.63. The lowest BCUT2D eigenvalue weighted by atomic mass is 9.79. The second-order valence-corrected chi connectivity index (χ2v) is 18.8. The van der Waals surface area contributed by atoms with Crippen molar-refractivity contribution < 1.29 is 28.7 Å². The molecular formula is C40H70N2O6. The molecule has 0 aromatic carbocycles. The topological polar surface area (TPSA) is 77.5 Å². The van der Waals surface area contributed by atoms with Gasteiger partial charge in [-0.15, -0.1) is 0 Å². The SMILES string of the molecule is CC1(C)CC(OC(=O)CC2CCC(C(=O)OC3CC(C)(C)N(OC4CCCCC4)C(C)(C)C3)CC2)CC(C)(C)N1OC1CCCCCC1. The number of carbonyl (C=O) groups excluding carboxylic acids is 2. The van der Waals surface area contributed by atoms with E-state index in [-0.39, 0.29) is 64.2 Å². The van der Waals surface area contributed by atoms with Crippen LogP contribution in [0.25, 0.3) is 0 Å². The molecule has 5 aliphatic rings. The molecule has 5 fully saturated rings. The van der Waals surface area contributed by atoms with Gasteiger partial charge in [0, 0.05) is 54.3 Å². The molecule has 0 spiro atoms. The summed E-state index contributed by atoms with van der Waals surface area (Å²) in [6, 6.07) is 0. The summed E-state index contributed by atoms with van der Waals surface area (Å²) >= 11 is 0. The largest absolute Gasteiger partial charge is 0.462 e. The van der Waals surface area contributed by atoms with Crippen molar-refractivity contribution in [3.8, 4) is 0 Å². The monoisotopic (exact) mass is 675 g/mol. The van der Waals surface area contributed by atoms with Gasteiger partial charge in [0.1, 0.15) is 12.2 Å². The third-order valence-electron chi connectivity index (χ3n) is 12.2. The lowest BCUT2D eigenvalue weighted by molar-refractivity contribution is -0.318. The molecule has 0 atom stereocenters. The molecule has 0 bridgehead atoms. The molecule has 0 unspecified atom stereocenters. The van der Waals surface area contributed by atoms with Crippen LogP contribution in [-0.4, -0.2) is 68.6 Å². The normalized spacial score (nSPS) is 31.2. The highest BCUT2D eigenvalue weighted by Crippen LogP contribution is 2.44. The van der Waals surface area contributed by atoms with Crippen LogP contribution in [0.1, 0.15) is 184 Å². The van der Waals surface area contributed by atoms with Gasteiger partial charge in [0.2, 0.25) is 0 Å². The first-order valence-electron chi connectivity index (χ1n) is 19.9. The highest BCUT2D eigenvalue weighted by molar-refractivity contribution is 5.73. The number of ether oxygens (including phenoxy) is 2. The number of rotatable bonds is 9. The molecular weight excluding hydrogens is 604 g/mol. The van der Waals surface area contributed by atoms with Crippen LogP contribution < -0.4 is 0 Å². The van der Waals surface area contributed by atoms with Crippen molar-refractivity contribution in [2.45, 2.75) is 230 Å². The van der Waals surface area contributed by atoms with Crippen molar-refractivity contribution in [1.82, 2.24) is 10.1 Å². The Morgan fingerprint density at radius 2 is 0.875 bits per heavy atom. The Morgan fingerprint density at radius 1 is 0.500 bits per heavy atom. The van der Waals surface area contributed by atoms with E-state index in [4.69, 9.17) is 19.1 Å². The molecule has 48 heavy (non-hydrogen) atoms. The Bertz CT molecular complexity index is 1030. The van der Waals surface area contributed by atoms with Crippen molar-refractivity contribution in [3.63, 3.8) is 0 Å². The van der Waals surface area contributed by atoms with Gasteiger partial charge in [0.05, 0.1) is 18.1 Å². The molecule has 0 amide bonds. The van der Waals surface area contributed by atoms with Gasteiger partial charge in [-0.05, 0) is 113 Å². The van der Waals surface area contributed by atoms with Gasteiger partial charge in [-0.3, -0.25) is 19.3 Å². The Hall–Kier alpha value is -1.22. The fourth-order valence-corrected chi connectivity index (χ4v) is 10.2. The lowest BCUT2D eigenvalue weighted by Gasteiger charge is -2.54. The number of nitrogens with zero attached hydrogens (tertiary/aromatic N) is 2. The van der Waals surface area contributed by atoms with Gasteiger partial charge in [0.15, 0.2) is 0 Å². The Kier molecular flexibility index (Phi) is 12.3. The second-order valence-electron chi connectivity index (χ2n) is 18.8. The summed E-state index contributed by atoms with van der Waals surface area (Å²) in [6.07, 6.45) is 20.6. The number of hydroxylamine groups is 4. The van der Waals surface area contributed by atoms with E-state index >= 15 is 0 Å². The van der Waals surface area contributed by atoms with E-state index in [2.05, 4.69) is 65.5 Å². The minimum atomic E-state index is -0.221. The highest BCUT2D eigenvalue weighted by Gasteiger charge is 2.50. The number of hydrogen-bond donors (Lipinski definition) is 0. The molecule has 0 radical (unpaired) electrons. The van der Waals surface area contributed by atoms with E-state index in [0.29, 0.717) is 12.5 Å². The standard InChI is InChI=1S/C40H70N2O6/c1-37(2)25-33(26-38(3,4)41(37)47-31-16-12-9-10-13-17-31)45-35(43)24-29-20-22-30(23-21-29)36(44)46-34-27-39(5,6)42(40(7,8)28-34)48-32-18-14-11-15-19-32/h29-34H,9-28H2,1-8H3. The first-order valence-corrected chi connectivity index (χ1v) is 19.9. The van der Waals surface area contributed by atoms with E-state index in [9.17, 15) is 9.59 Å². The first kappa shape index (κ1) is 38.0. The molecule has 3 aliphatic carbocycles. The van der Waals surface area contributed by atoms with Crippen LogP contribution in [0.2, 0.25) is 0 Å². The van der Waals surface area contributed by atoms with E-state index in [1.54, 1.807) is 0 Å². The van der Waals surface area contributed by atoms with Gasteiger partial charge < -0.3 is 9.47 Å². The zero-order valence-electron chi connectivity index (χ0n) is 32.0. The molecule has 2 heterocycles. The predicted octanol–water partition coefficient (Wildman–Crippen LogP) is 9.23. The number of carbonyl (C=O) groups is 2. The fourth-order valence-electron chi connectivity index (χ4n) is 10.2. The van der Waals surface area contributed by atoms with Crippen LogP contribution in [0.4, 0.5) is 0 Å². The third-order valence-corrected chi connectivity index (χ3v) is 12.2. The van der Waals surface area contributed by atoms with E-state index in [1.807, 2.05) is 0 Å². The summed E-state index contributed by atoms with van der Waals surface area (Å²) in [6.45, 7) is 17.8. The van der Waals surface area contributed by atoms with Gasteiger partial charge in [-0.1, -0.05) is 44.9 Å². The average molecular weight is 675 g/mol. The van der Waals surface area contributed by atoms with Gasteiger partial charge in [0.25, 0.3) is 0 Å². The van der Waals surface area contributed by atoms with Crippen LogP contribution in [0.5, 0.6) is 0 Å². The van der Waals surface area contributed by atoms with E-state index in [1.165, 1.54) is 44.9 Å². The van der Waals surface area contributed by atoms with Crippen molar-refractivity contribution in [3.05, 3.63) is 0 Å². The van der Waals surface area contributed by atoms with Crippen molar-refractivity contribution in [2.24, 2.45) is 11.8 Å². The molecule has 8 nitrogen and oxygen atoms in total. The summed E-state index contributed by atoms with van der Waals surface area (Å²) in [7, 11) is 0. The number of esters is 2. The van der Waals surface area contributed by atoms with Crippen molar-refractivity contribution in [2.75, 3.05) is 0 Å². The Balaban J connectivity index is 1.05. The van der Waals surface area contributed by atoms with Crippen molar-refractivity contribution in [1.29, 1.82) is 0 Å². The fraction of sp³-hybridized carbons (Fsp3) is 0.950. The summed E-state index contributed by atoms with van der Waals surface area (Å²) in [5.74, 6) is 0.0256. The minimum absolute atomic E-state index is 0.0587. The van der Waals surface area contributed by atoms with Gasteiger partial charge in [-0.2, -0.15) is 10.1 Å². The molecule has 5 rings (SSSR count). The first-order chi connectivity index (χ1) is 22.5. The van der Waals surface area contributed by atoms with Crippen LogP contribution in [0.3, 0.4) is 0 Å². The second kappa shape index (κ2) is 15.6. The summed E-state index contributed by atoms with van der Waals surface area (Å²) in [5.41, 5.74) is -0.877. The quantitative estimate of drug-likeness (QED) is 0.177. The van der Waals surface area contributed by atoms with Crippen molar-refractivity contribution >= 4 is 11.9 Å². The zero-order valence-corrected chi connectivity index (χ0v) is 32.0. The molecule has 2 saturated heterocycles. The maximum absolute atomic E-state index is 13.4. The number of hydrogen-bond acceptors (Lipinski definition) is 8. The van der Waals surface area contributed by atoms with E-state index in [0.717, 1.165) is 77.0 Å². The average Bonchev–Trinajstić information content (AvgIpc) is 3.26. The van der Waals surface area contributed by atoms with Crippen LogP contribution in [0, 0.1) is 11.8 Å². The van der Waals surface area contributed by atoms with Crippen LogP contribution >= 0.6 is 0 Å². The van der Waals surface area contributed by atoms with Gasteiger partial charge in [-0.25, -0.2) is 0 Å². The highest BCUT2D eigenvalue weighted by atomic mass is 16.7.